The molecule has 0 atom stereocenters. The second-order valence-electron chi connectivity index (χ2n) is 6.12. The Kier molecular flexibility index (Phi) is 6.08. The highest BCUT2D eigenvalue weighted by molar-refractivity contribution is 7.98. The van der Waals surface area contributed by atoms with Gasteiger partial charge in [-0.3, -0.25) is 0 Å². The predicted octanol–water partition coefficient (Wildman–Crippen LogP) is 5.65. The molecule has 0 unspecified atom stereocenters. The second-order valence-corrected chi connectivity index (χ2v) is 7.91. The van der Waals surface area contributed by atoms with Gasteiger partial charge in [-0.15, -0.1) is 10.2 Å². The lowest BCUT2D eigenvalue weighted by atomic mass is 10.2. The van der Waals surface area contributed by atoms with E-state index in [0.717, 1.165) is 16.4 Å². The quantitative estimate of drug-likeness (QED) is 0.341. The molecule has 0 saturated carbocycles. The van der Waals surface area contributed by atoms with E-state index in [9.17, 15) is 0 Å². The highest BCUT2D eigenvalue weighted by atomic mass is 35.5. The monoisotopic (exact) mass is 446 g/mol. The zero-order valence-corrected chi connectivity index (χ0v) is 17.7. The molecule has 9 heteroatoms. The first-order valence-electron chi connectivity index (χ1n) is 8.69. The van der Waals surface area contributed by atoms with E-state index >= 15 is 0 Å². The third-order valence-corrected chi connectivity index (χ3v) is 5.69. The molecule has 29 heavy (non-hydrogen) atoms. The third kappa shape index (κ3) is 4.75. The van der Waals surface area contributed by atoms with Crippen molar-refractivity contribution in [1.29, 1.82) is 0 Å². The number of ether oxygens (including phenoxy) is 1. The topological polar surface area (TPSA) is 66.0 Å². The zero-order chi connectivity index (χ0) is 20.2. The smallest absolute Gasteiger partial charge is 0.226 e. The number of hydrogen-bond acceptors (Lipinski definition) is 6. The van der Waals surface area contributed by atoms with E-state index in [0.29, 0.717) is 33.3 Å². The molecule has 0 aliphatic rings. The minimum atomic E-state index is 0.274. The Hall–Kier alpha value is -2.48. The summed E-state index contributed by atoms with van der Waals surface area (Å²) in [5.74, 6) is 2.45. The fourth-order valence-corrected chi connectivity index (χ4v) is 3.75. The number of aromatic nitrogens is 4. The maximum Gasteiger partial charge on any atom is 0.226 e. The van der Waals surface area contributed by atoms with Gasteiger partial charge in [-0.25, -0.2) is 4.98 Å². The summed E-state index contributed by atoms with van der Waals surface area (Å²) in [4.78, 5) is 4.52. The van der Waals surface area contributed by atoms with E-state index in [4.69, 9.17) is 32.4 Å². The van der Waals surface area contributed by atoms with Crippen LogP contribution in [0.5, 0.6) is 5.75 Å². The summed E-state index contributed by atoms with van der Waals surface area (Å²) in [6.07, 6.45) is 1.64. The lowest BCUT2D eigenvalue weighted by Gasteiger charge is -2.07. The molecule has 2 aromatic carbocycles. The average Bonchev–Trinajstić information content (AvgIpc) is 3.33. The molecule has 2 heterocycles. The predicted molar refractivity (Wildman–Crippen MR) is 113 cm³/mol. The van der Waals surface area contributed by atoms with E-state index in [1.54, 1.807) is 12.3 Å². The lowest BCUT2D eigenvalue weighted by Crippen LogP contribution is -2.04. The van der Waals surface area contributed by atoms with Crippen molar-refractivity contribution in [1.82, 2.24) is 19.7 Å². The van der Waals surface area contributed by atoms with Crippen LogP contribution < -0.4 is 4.74 Å². The van der Waals surface area contributed by atoms with Crippen LogP contribution in [0.2, 0.25) is 10.0 Å². The maximum absolute atomic E-state index is 6.11. The summed E-state index contributed by atoms with van der Waals surface area (Å²) in [6.45, 7) is 0.274. The summed E-state index contributed by atoms with van der Waals surface area (Å²) in [5, 5.41) is 10.4. The lowest BCUT2D eigenvalue weighted by molar-refractivity contribution is 0.290. The van der Waals surface area contributed by atoms with E-state index < -0.39 is 0 Å². The molecule has 0 radical (unpaired) electrons. The average molecular weight is 447 g/mol. The van der Waals surface area contributed by atoms with Gasteiger partial charge < -0.3 is 13.7 Å². The largest absolute Gasteiger partial charge is 0.484 e. The van der Waals surface area contributed by atoms with Gasteiger partial charge in [-0.05, 0) is 30.3 Å². The molecule has 0 spiro atoms. The van der Waals surface area contributed by atoms with Crippen molar-refractivity contribution >= 4 is 35.0 Å². The van der Waals surface area contributed by atoms with Crippen LogP contribution in [0.4, 0.5) is 0 Å². The van der Waals surface area contributed by atoms with Crippen molar-refractivity contribution in [3.05, 3.63) is 76.4 Å². The van der Waals surface area contributed by atoms with E-state index in [-0.39, 0.29) is 6.61 Å². The number of oxazole rings is 1. The standard InChI is InChI=1S/C20H16Cl2N4O2S/c1-26-18(11-27-17-8-3-2-7-16(17)22)24-25-20(26)29-12-15-10-28-19(23-15)13-5-4-6-14(21)9-13/h2-10H,11-12H2,1H3. The van der Waals surface area contributed by atoms with Gasteiger partial charge >= 0.3 is 0 Å². The Bertz CT molecular complexity index is 1130. The first-order valence-corrected chi connectivity index (χ1v) is 10.4. The van der Waals surface area contributed by atoms with Crippen LogP contribution in [0.3, 0.4) is 0 Å². The highest BCUT2D eigenvalue weighted by Gasteiger charge is 2.13. The molecule has 0 saturated heterocycles. The van der Waals surface area contributed by atoms with Crippen molar-refractivity contribution in [3.8, 4) is 17.2 Å². The van der Waals surface area contributed by atoms with E-state index in [1.165, 1.54) is 11.8 Å². The maximum atomic E-state index is 6.11. The van der Waals surface area contributed by atoms with Crippen LogP contribution in [0, 0.1) is 0 Å². The van der Waals surface area contributed by atoms with Crippen molar-refractivity contribution in [2.75, 3.05) is 0 Å². The Morgan fingerprint density at radius 1 is 1.10 bits per heavy atom. The SMILES string of the molecule is Cn1c(COc2ccccc2Cl)nnc1SCc1coc(-c2cccc(Cl)c2)n1. The molecule has 148 valence electrons. The van der Waals surface area contributed by atoms with Crippen molar-refractivity contribution in [2.24, 2.45) is 7.05 Å². The Balaban J connectivity index is 1.38. The molecule has 0 fully saturated rings. The number of para-hydroxylation sites is 1. The van der Waals surface area contributed by atoms with Gasteiger partial charge in [-0.2, -0.15) is 0 Å². The summed E-state index contributed by atoms with van der Waals surface area (Å²) < 4.78 is 13.2. The number of nitrogens with zero attached hydrogens (tertiary/aromatic N) is 4. The van der Waals surface area contributed by atoms with Crippen LogP contribution in [0.1, 0.15) is 11.5 Å². The van der Waals surface area contributed by atoms with Gasteiger partial charge in [0.1, 0.15) is 18.6 Å². The van der Waals surface area contributed by atoms with Crippen LogP contribution in [-0.4, -0.2) is 19.7 Å². The summed E-state index contributed by atoms with van der Waals surface area (Å²) >= 11 is 13.7. The first-order chi connectivity index (χ1) is 14.1. The Labute approximate surface area is 181 Å². The minimum absolute atomic E-state index is 0.274. The minimum Gasteiger partial charge on any atom is -0.484 e. The van der Waals surface area contributed by atoms with E-state index in [2.05, 4.69) is 15.2 Å². The normalized spacial score (nSPS) is 11.0. The molecule has 4 aromatic rings. The fraction of sp³-hybridized carbons (Fsp3) is 0.150. The van der Waals surface area contributed by atoms with E-state index in [1.807, 2.05) is 54.1 Å². The van der Waals surface area contributed by atoms with Crippen molar-refractivity contribution in [2.45, 2.75) is 17.5 Å². The Morgan fingerprint density at radius 2 is 1.97 bits per heavy atom. The fourth-order valence-electron chi connectivity index (χ4n) is 2.57. The summed E-state index contributed by atoms with van der Waals surface area (Å²) in [7, 11) is 1.90. The van der Waals surface area contributed by atoms with Gasteiger partial charge in [-0.1, -0.05) is 53.2 Å². The van der Waals surface area contributed by atoms with Gasteiger partial charge in [0.25, 0.3) is 0 Å². The second kappa shape index (κ2) is 8.90. The number of halogens is 2. The number of benzene rings is 2. The van der Waals surface area contributed by atoms with Gasteiger partial charge in [0.2, 0.25) is 5.89 Å². The third-order valence-electron chi connectivity index (χ3n) is 4.09. The molecule has 0 aliphatic heterocycles. The molecular formula is C20H16Cl2N4O2S. The molecule has 0 amide bonds. The van der Waals surface area contributed by atoms with Crippen molar-refractivity contribution < 1.29 is 9.15 Å². The molecular weight excluding hydrogens is 431 g/mol. The number of thioether (sulfide) groups is 1. The number of rotatable bonds is 7. The van der Waals surface area contributed by atoms with Gasteiger partial charge in [0.15, 0.2) is 11.0 Å². The van der Waals surface area contributed by atoms with Gasteiger partial charge in [0, 0.05) is 23.4 Å². The Morgan fingerprint density at radius 3 is 2.79 bits per heavy atom. The molecule has 0 aliphatic carbocycles. The summed E-state index contributed by atoms with van der Waals surface area (Å²) in [5.41, 5.74) is 1.65. The molecule has 0 bridgehead atoms. The van der Waals surface area contributed by atoms with Crippen molar-refractivity contribution in [3.63, 3.8) is 0 Å². The summed E-state index contributed by atoms with van der Waals surface area (Å²) in [6, 6.07) is 14.7. The first kappa shape index (κ1) is 19.8. The van der Waals surface area contributed by atoms with Crippen LogP contribution in [0.15, 0.2) is 64.4 Å². The van der Waals surface area contributed by atoms with Crippen LogP contribution >= 0.6 is 35.0 Å². The molecule has 2 aromatic heterocycles. The molecule has 4 rings (SSSR count). The zero-order valence-electron chi connectivity index (χ0n) is 15.4. The highest BCUT2D eigenvalue weighted by Crippen LogP contribution is 2.27. The van der Waals surface area contributed by atoms with Crippen LogP contribution in [-0.2, 0) is 19.4 Å². The molecule has 0 N–H and O–H groups in total. The molecule has 6 nitrogen and oxygen atoms in total. The number of hydrogen-bond donors (Lipinski definition) is 0. The van der Waals surface area contributed by atoms with Crippen LogP contribution in [0.25, 0.3) is 11.5 Å². The van der Waals surface area contributed by atoms with Gasteiger partial charge in [0.05, 0.1) is 10.7 Å².